The van der Waals surface area contributed by atoms with Crippen molar-refractivity contribution < 1.29 is 9.59 Å². The lowest BCUT2D eigenvalue weighted by molar-refractivity contribution is -0.124. The van der Waals surface area contributed by atoms with Gasteiger partial charge in [0.25, 0.3) is 11.8 Å². The molecule has 0 atom stereocenters. The number of nitrogens with zero attached hydrogens (tertiary/aromatic N) is 1. The SMILES string of the molecule is CC(C)(C)c1ccc(C(=O)NCC(=O)NN2CCCC2)cc1. The standard InChI is InChI=1S/C17H25N3O2/c1-17(2,3)14-8-6-13(7-9-14)16(22)18-12-15(21)19-20-10-4-5-11-20/h6-9H,4-5,10-12H2,1-3H3,(H,18,22)(H,19,21). The zero-order chi connectivity index (χ0) is 16.2. The van der Waals surface area contributed by atoms with Gasteiger partial charge in [0.1, 0.15) is 0 Å². The number of amides is 2. The lowest BCUT2D eigenvalue weighted by Crippen LogP contribution is -2.45. The van der Waals surface area contributed by atoms with Gasteiger partial charge in [-0.2, -0.15) is 0 Å². The first kappa shape index (κ1) is 16.5. The number of hydrogen-bond acceptors (Lipinski definition) is 3. The molecule has 2 N–H and O–H groups in total. The van der Waals surface area contributed by atoms with Crippen LogP contribution in [0.3, 0.4) is 0 Å². The van der Waals surface area contributed by atoms with Crippen LogP contribution in [0.15, 0.2) is 24.3 Å². The van der Waals surface area contributed by atoms with Gasteiger partial charge in [0.15, 0.2) is 0 Å². The maximum Gasteiger partial charge on any atom is 0.253 e. The summed E-state index contributed by atoms with van der Waals surface area (Å²) in [6, 6.07) is 7.51. The van der Waals surface area contributed by atoms with E-state index in [1.54, 1.807) is 12.1 Å². The van der Waals surface area contributed by atoms with Crippen LogP contribution in [0, 0.1) is 0 Å². The van der Waals surface area contributed by atoms with Crippen molar-refractivity contribution in [2.75, 3.05) is 19.6 Å². The van der Waals surface area contributed by atoms with E-state index in [9.17, 15) is 9.59 Å². The van der Waals surface area contributed by atoms with E-state index in [-0.39, 0.29) is 23.8 Å². The first-order valence-electron chi connectivity index (χ1n) is 7.79. The molecule has 0 radical (unpaired) electrons. The van der Waals surface area contributed by atoms with Gasteiger partial charge in [-0.05, 0) is 36.0 Å². The third kappa shape index (κ3) is 4.56. The fraction of sp³-hybridized carbons (Fsp3) is 0.529. The van der Waals surface area contributed by atoms with Gasteiger partial charge in [-0.1, -0.05) is 32.9 Å². The summed E-state index contributed by atoms with van der Waals surface area (Å²) in [4.78, 5) is 23.8. The van der Waals surface area contributed by atoms with Crippen LogP contribution in [0.25, 0.3) is 0 Å². The van der Waals surface area contributed by atoms with Gasteiger partial charge in [0.2, 0.25) is 0 Å². The molecular weight excluding hydrogens is 278 g/mol. The first-order chi connectivity index (χ1) is 10.4. The number of hydrazine groups is 1. The average Bonchev–Trinajstić information content (AvgIpc) is 2.97. The van der Waals surface area contributed by atoms with Gasteiger partial charge in [-0.3, -0.25) is 15.0 Å². The molecule has 1 aliphatic heterocycles. The van der Waals surface area contributed by atoms with E-state index in [0.717, 1.165) is 25.9 Å². The molecule has 1 aromatic rings. The summed E-state index contributed by atoms with van der Waals surface area (Å²) in [6.45, 7) is 8.15. The van der Waals surface area contributed by atoms with Crippen LogP contribution in [0.1, 0.15) is 49.5 Å². The second kappa shape index (κ2) is 6.92. The average molecular weight is 303 g/mol. The molecule has 5 nitrogen and oxygen atoms in total. The molecule has 0 saturated carbocycles. The topological polar surface area (TPSA) is 61.4 Å². The highest BCUT2D eigenvalue weighted by atomic mass is 16.2. The lowest BCUT2D eigenvalue weighted by Gasteiger charge is -2.19. The van der Waals surface area contributed by atoms with Gasteiger partial charge in [0.05, 0.1) is 6.54 Å². The molecule has 5 heteroatoms. The first-order valence-corrected chi connectivity index (χ1v) is 7.79. The van der Waals surface area contributed by atoms with E-state index in [1.165, 1.54) is 5.56 Å². The summed E-state index contributed by atoms with van der Waals surface area (Å²) < 4.78 is 0. The van der Waals surface area contributed by atoms with E-state index in [4.69, 9.17) is 0 Å². The maximum absolute atomic E-state index is 12.0. The maximum atomic E-state index is 12.0. The number of carbonyl (C=O) groups excluding carboxylic acids is 2. The second-order valence-corrected chi connectivity index (χ2v) is 6.74. The van der Waals surface area contributed by atoms with Crippen LogP contribution >= 0.6 is 0 Å². The Morgan fingerprint density at radius 1 is 1.09 bits per heavy atom. The van der Waals surface area contributed by atoms with E-state index in [0.29, 0.717) is 5.56 Å². The quantitative estimate of drug-likeness (QED) is 0.892. The Balaban J connectivity index is 1.82. The fourth-order valence-corrected chi connectivity index (χ4v) is 2.43. The van der Waals surface area contributed by atoms with Crippen molar-refractivity contribution >= 4 is 11.8 Å². The summed E-state index contributed by atoms with van der Waals surface area (Å²) in [5, 5.41) is 4.55. The van der Waals surface area contributed by atoms with Crippen molar-refractivity contribution in [3.8, 4) is 0 Å². The summed E-state index contributed by atoms with van der Waals surface area (Å²) in [6.07, 6.45) is 2.21. The minimum absolute atomic E-state index is 0.00362. The molecular formula is C17H25N3O2. The summed E-state index contributed by atoms with van der Waals surface area (Å²) in [7, 11) is 0. The third-order valence-corrected chi connectivity index (χ3v) is 3.81. The molecule has 120 valence electrons. The largest absolute Gasteiger partial charge is 0.343 e. The smallest absolute Gasteiger partial charge is 0.253 e. The van der Waals surface area contributed by atoms with Crippen molar-refractivity contribution in [2.45, 2.75) is 39.0 Å². The number of carbonyl (C=O) groups is 2. The Morgan fingerprint density at radius 2 is 1.68 bits per heavy atom. The molecule has 1 heterocycles. The zero-order valence-electron chi connectivity index (χ0n) is 13.6. The van der Waals surface area contributed by atoms with Gasteiger partial charge in [-0.25, -0.2) is 5.01 Å². The van der Waals surface area contributed by atoms with Gasteiger partial charge in [0, 0.05) is 18.7 Å². The van der Waals surface area contributed by atoms with Gasteiger partial charge in [-0.15, -0.1) is 0 Å². The molecule has 1 aliphatic rings. The highest BCUT2D eigenvalue weighted by molar-refractivity contribution is 5.96. The summed E-state index contributed by atoms with van der Waals surface area (Å²) >= 11 is 0. The highest BCUT2D eigenvalue weighted by Gasteiger charge is 2.16. The number of nitrogens with one attached hydrogen (secondary N) is 2. The van der Waals surface area contributed by atoms with E-state index < -0.39 is 0 Å². The number of hydrogen-bond donors (Lipinski definition) is 2. The van der Waals surface area contributed by atoms with Crippen molar-refractivity contribution in [3.05, 3.63) is 35.4 Å². The number of benzene rings is 1. The Kier molecular flexibility index (Phi) is 5.19. The van der Waals surface area contributed by atoms with Crippen LogP contribution in [0.4, 0.5) is 0 Å². The molecule has 1 fully saturated rings. The molecule has 22 heavy (non-hydrogen) atoms. The molecule has 2 rings (SSSR count). The Hall–Kier alpha value is -1.88. The molecule has 0 unspecified atom stereocenters. The molecule has 2 amide bonds. The van der Waals surface area contributed by atoms with Crippen molar-refractivity contribution in [2.24, 2.45) is 0 Å². The fourth-order valence-electron chi connectivity index (χ4n) is 2.43. The number of rotatable bonds is 4. The van der Waals surface area contributed by atoms with Crippen LogP contribution in [-0.4, -0.2) is 36.5 Å². The van der Waals surface area contributed by atoms with Crippen molar-refractivity contribution in [1.82, 2.24) is 15.8 Å². The van der Waals surface area contributed by atoms with E-state index >= 15 is 0 Å². The molecule has 0 aliphatic carbocycles. The predicted octanol–water partition coefficient (Wildman–Crippen LogP) is 1.84. The van der Waals surface area contributed by atoms with Crippen LogP contribution < -0.4 is 10.7 Å². The zero-order valence-corrected chi connectivity index (χ0v) is 13.6. The van der Waals surface area contributed by atoms with Gasteiger partial charge >= 0.3 is 0 Å². The Labute approximate surface area is 132 Å². The summed E-state index contributed by atoms with van der Waals surface area (Å²) in [5.41, 5.74) is 4.60. The van der Waals surface area contributed by atoms with Crippen LogP contribution in [-0.2, 0) is 10.2 Å². The minimum atomic E-state index is -0.225. The Bertz CT molecular complexity index is 526. The van der Waals surface area contributed by atoms with Crippen LogP contribution in [0.2, 0.25) is 0 Å². The Morgan fingerprint density at radius 3 is 2.23 bits per heavy atom. The van der Waals surface area contributed by atoms with Gasteiger partial charge < -0.3 is 5.32 Å². The molecule has 0 spiro atoms. The lowest BCUT2D eigenvalue weighted by atomic mass is 9.87. The molecule has 0 aromatic heterocycles. The van der Waals surface area contributed by atoms with E-state index in [1.807, 2.05) is 17.1 Å². The summed E-state index contributed by atoms with van der Waals surface area (Å²) in [5.74, 6) is -0.404. The van der Waals surface area contributed by atoms with E-state index in [2.05, 4.69) is 31.5 Å². The predicted molar refractivity (Wildman–Crippen MR) is 86.4 cm³/mol. The monoisotopic (exact) mass is 303 g/mol. The third-order valence-electron chi connectivity index (χ3n) is 3.81. The second-order valence-electron chi connectivity index (χ2n) is 6.74. The highest BCUT2D eigenvalue weighted by Crippen LogP contribution is 2.22. The normalized spacial score (nSPS) is 15.6. The molecule has 1 saturated heterocycles. The molecule has 0 bridgehead atoms. The minimum Gasteiger partial charge on any atom is -0.343 e. The van der Waals surface area contributed by atoms with Crippen molar-refractivity contribution in [3.63, 3.8) is 0 Å². The molecule has 1 aromatic carbocycles. The van der Waals surface area contributed by atoms with Crippen LogP contribution in [0.5, 0.6) is 0 Å². The van der Waals surface area contributed by atoms with Crippen molar-refractivity contribution in [1.29, 1.82) is 0 Å².